The van der Waals surface area contributed by atoms with Gasteiger partial charge in [0.1, 0.15) is 0 Å². The molecule has 0 amide bonds. The first-order valence-electron chi connectivity index (χ1n) is 7.94. The fourth-order valence-electron chi connectivity index (χ4n) is 4.42. The van der Waals surface area contributed by atoms with E-state index in [0.717, 1.165) is 24.4 Å². The lowest BCUT2D eigenvalue weighted by Gasteiger charge is -2.46. The predicted octanol–water partition coefficient (Wildman–Crippen LogP) is 3.26. The molecule has 0 radical (unpaired) electrons. The first-order chi connectivity index (χ1) is 8.50. The second-order valence-corrected chi connectivity index (χ2v) is 7.62. The molecule has 2 N–H and O–H groups in total. The zero-order chi connectivity index (χ0) is 13.2. The maximum Gasteiger partial charge on any atom is 0.0103 e. The SMILES string of the molecule is CC1CC(N2CCC(CCN)CC2)CC(C)(C)C1. The Morgan fingerprint density at radius 2 is 1.83 bits per heavy atom. The molecule has 0 spiro atoms. The number of likely N-dealkylation sites (tertiary alicyclic amines) is 1. The van der Waals surface area contributed by atoms with Crippen LogP contribution < -0.4 is 5.73 Å². The van der Waals surface area contributed by atoms with Crippen LogP contribution >= 0.6 is 0 Å². The van der Waals surface area contributed by atoms with Crippen LogP contribution in [0.15, 0.2) is 0 Å². The van der Waals surface area contributed by atoms with Crippen molar-refractivity contribution in [3.63, 3.8) is 0 Å². The molecule has 1 aliphatic heterocycles. The van der Waals surface area contributed by atoms with Crippen molar-refractivity contribution in [2.24, 2.45) is 23.0 Å². The summed E-state index contributed by atoms with van der Waals surface area (Å²) in [7, 11) is 0. The maximum absolute atomic E-state index is 5.68. The van der Waals surface area contributed by atoms with Crippen molar-refractivity contribution >= 4 is 0 Å². The van der Waals surface area contributed by atoms with Gasteiger partial charge in [0.05, 0.1) is 0 Å². The van der Waals surface area contributed by atoms with Gasteiger partial charge in [-0.2, -0.15) is 0 Å². The number of rotatable bonds is 3. The first kappa shape index (κ1) is 14.3. The minimum absolute atomic E-state index is 0.552. The highest BCUT2D eigenvalue weighted by Crippen LogP contribution is 2.41. The molecule has 1 saturated carbocycles. The van der Waals surface area contributed by atoms with Gasteiger partial charge in [0, 0.05) is 6.04 Å². The molecule has 1 aliphatic carbocycles. The Bertz CT molecular complexity index is 254. The second-order valence-electron chi connectivity index (χ2n) is 7.62. The molecule has 0 aromatic heterocycles. The van der Waals surface area contributed by atoms with Crippen LogP contribution in [0, 0.1) is 17.3 Å². The van der Waals surface area contributed by atoms with E-state index in [9.17, 15) is 0 Å². The fraction of sp³-hybridized carbons (Fsp3) is 1.00. The van der Waals surface area contributed by atoms with Crippen LogP contribution in [0.25, 0.3) is 0 Å². The summed E-state index contributed by atoms with van der Waals surface area (Å²) in [5, 5.41) is 0. The van der Waals surface area contributed by atoms with Gasteiger partial charge in [-0.25, -0.2) is 0 Å². The van der Waals surface area contributed by atoms with Gasteiger partial charge in [0.2, 0.25) is 0 Å². The van der Waals surface area contributed by atoms with E-state index in [-0.39, 0.29) is 0 Å². The zero-order valence-electron chi connectivity index (χ0n) is 12.6. The molecular weight excluding hydrogens is 220 g/mol. The third kappa shape index (κ3) is 3.71. The Morgan fingerprint density at radius 1 is 1.17 bits per heavy atom. The lowest BCUT2D eigenvalue weighted by molar-refractivity contribution is 0.0437. The van der Waals surface area contributed by atoms with Crippen molar-refractivity contribution < 1.29 is 0 Å². The molecule has 0 aromatic carbocycles. The van der Waals surface area contributed by atoms with Gasteiger partial charge >= 0.3 is 0 Å². The Balaban J connectivity index is 1.85. The highest BCUT2D eigenvalue weighted by molar-refractivity contribution is 4.89. The van der Waals surface area contributed by atoms with Crippen LogP contribution in [0.5, 0.6) is 0 Å². The van der Waals surface area contributed by atoms with Crippen LogP contribution in [0.1, 0.15) is 59.3 Å². The van der Waals surface area contributed by atoms with Gasteiger partial charge in [0.25, 0.3) is 0 Å². The third-order valence-electron chi connectivity index (χ3n) is 5.10. The molecule has 2 heteroatoms. The third-order valence-corrected chi connectivity index (χ3v) is 5.10. The lowest BCUT2D eigenvalue weighted by Crippen LogP contribution is -2.46. The Hall–Kier alpha value is -0.0800. The van der Waals surface area contributed by atoms with E-state index < -0.39 is 0 Å². The molecule has 2 unspecified atom stereocenters. The summed E-state index contributed by atoms with van der Waals surface area (Å²) in [5.41, 5.74) is 6.23. The average molecular weight is 252 g/mol. The van der Waals surface area contributed by atoms with Gasteiger partial charge in [-0.15, -0.1) is 0 Å². The molecule has 0 bridgehead atoms. The Kier molecular flexibility index (Phi) is 4.71. The summed E-state index contributed by atoms with van der Waals surface area (Å²) in [6, 6.07) is 0.850. The molecule has 1 heterocycles. The van der Waals surface area contributed by atoms with E-state index in [0.29, 0.717) is 5.41 Å². The smallest absolute Gasteiger partial charge is 0.0103 e. The van der Waals surface area contributed by atoms with Crippen LogP contribution in [-0.2, 0) is 0 Å². The molecular formula is C16H32N2. The second kappa shape index (κ2) is 5.92. The Labute approximate surface area is 113 Å². The molecule has 2 atom stereocenters. The van der Waals surface area contributed by atoms with Gasteiger partial charge in [-0.3, -0.25) is 0 Å². The molecule has 2 aliphatic rings. The van der Waals surface area contributed by atoms with E-state index in [1.54, 1.807) is 0 Å². The minimum Gasteiger partial charge on any atom is -0.330 e. The van der Waals surface area contributed by atoms with Crippen molar-refractivity contribution in [2.75, 3.05) is 19.6 Å². The van der Waals surface area contributed by atoms with E-state index in [1.807, 2.05) is 0 Å². The predicted molar refractivity (Wildman–Crippen MR) is 78.6 cm³/mol. The number of hydrogen-bond donors (Lipinski definition) is 1. The van der Waals surface area contributed by atoms with Gasteiger partial charge in [-0.1, -0.05) is 20.8 Å². The van der Waals surface area contributed by atoms with Crippen molar-refractivity contribution in [3.8, 4) is 0 Å². The highest BCUT2D eigenvalue weighted by atomic mass is 15.2. The average Bonchev–Trinajstić information content (AvgIpc) is 2.27. The van der Waals surface area contributed by atoms with Crippen LogP contribution in [-0.4, -0.2) is 30.6 Å². The summed E-state index contributed by atoms with van der Waals surface area (Å²) in [6.07, 6.45) is 8.22. The molecule has 2 fully saturated rings. The summed E-state index contributed by atoms with van der Waals surface area (Å²) in [5.74, 6) is 1.81. The molecule has 2 rings (SSSR count). The van der Waals surface area contributed by atoms with Gasteiger partial charge in [0.15, 0.2) is 0 Å². The van der Waals surface area contributed by atoms with E-state index >= 15 is 0 Å². The number of piperidine rings is 1. The number of hydrogen-bond acceptors (Lipinski definition) is 2. The van der Waals surface area contributed by atoms with E-state index in [4.69, 9.17) is 5.73 Å². The van der Waals surface area contributed by atoms with Crippen molar-refractivity contribution in [1.82, 2.24) is 4.90 Å². The van der Waals surface area contributed by atoms with E-state index in [2.05, 4.69) is 25.7 Å². The minimum atomic E-state index is 0.552. The fourth-order valence-corrected chi connectivity index (χ4v) is 4.42. The largest absolute Gasteiger partial charge is 0.330 e. The Morgan fingerprint density at radius 3 is 2.39 bits per heavy atom. The van der Waals surface area contributed by atoms with Gasteiger partial charge < -0.3 is 10.6 Å². The van der Waals surface area contributed by atoms with Crippen molar-refractivity contribution in [3.05, 3.63) is 0 Å². The summed E-state index contributed by atoms with van der Waals surface area (Å²) < 4.78 is 0. The standard InChI is InChI=1S/C16H32N2/c1-13-10-15(12-16(2,3)11-13)18-8-5-14(4-7-17)6-9-18/h13-15H,4-12,17H2,1-3H3. The summed E-state index contributed by atoms with van der Waals surface area (Å²) in [6.45, 7) is 10.9. The van der Waals surface area contributed by atoms with Crippen LogP contribution in [0.2, 0.25) is 0 Å². The monoisotopic (exact) mass is 252 g/mol. The number of nitrogens with two attached hydrogens (primary N) is 1. The molecule has 2 nitrogen and oxygen atoms in total. The van der Waals surface area contributed by atoms with Crippen LogP contribution in [0.4, 0.5) is 0 Å². The maximum atomic E-state index is 5.68. The molecule has 0 aromatic rings. The summed E-state index contributed by atoms with van der Waals surface area (Å²) in [4.78, 5) is 2.78. The topological polar surface area (TPSA) is 29.3 Å². The number of nitrogens with zero attached hydrogens (tertiary/aromatic N) is 1. The van der Waals surface area contributed by atoms with Crippen molar-refractivity contribution in [1.29, 1.82) is 0 Å². The van der Waals surface area contributed by atoms with Crippen LogP contribution in [0.3, 0.4) is 0 Å². The summed E-state index contributed by atoms with van der Waals surface area (Å²) >= 11 is 0. The molecule has 18 heavy (non-hydrogen) atoms. The van der Waals surface area contributed by atoms with Gasteiger partial charge in [-0.05, 0) is 75.4 Å². The quantitative estimate of drug-likeness (QED) is 0.835. The first-order valence-corrected chi connectivity index (χ1v) is 7.94. The highest BCUT2D eigenvalue weighted by Gasteiger charge is 2.35. The zero-order valence-corrected chi connectivity index (χ0v) is 12.6. The molecule has 106 valence electrons. The normalized spacial score (nSPS) is 34.7. The lowest BCUT2D eigenvalue weighted by atomic mass is 9.70. The molecule has 1 saturated heterocycles. The van der Waals surface area contributed by atoms with Crippen molar-refractivity contribution in [2.45, 2.75) is 65.3 Å². The van der Waals surface area contributed by atoms with E-state index in [1.165, 1.54) is 51.6 Å².